The Hall–Kier alpha value is -0.980. The van der Waals surface area contributed by atoms with Gasteiger partial charge in [-0.3, -0.25) is 14.1 Å². The first-order valence-electron chi connectivity index (χ1n) is 5.20. The standard InChI is InChI=1S/C9H9N3O6S2.Na.H/c13-8(7(11-15)6-2-1-3-19-6)10-5-4-12(9(5)14)20(16,17)18;;/h1-3,5,15H,4H2,(H,10,13)(H,16,17,18);;. The number of hydrogen-bond donors (Lipinski definition) is 3. The van der Waals surface area contributed by atoms with Crippen LogP contribution in [-0.4, -0.2) is 82.2 Å². The van der Waals surface area contributed by atoms with E-state index in [9.17, 15) is 18.0 Å². The van der Waals surface area contributed by atoms with Gasteiger partial charge in [0.25, 0.3) is 11.8 Å². The maximum absolute atomic E-state index is 11.8. The first-order chi connectivity index (χ1) is 9.34. The Morgan fingerprint density at radius 3 is 2.62 bits per heavy atom. The van der Waals surface area contributed by atoms with Gasteiger partial charge in [-0.1, -0.05) is 11.2 Å². The van der Waals surface area contributed by atoms with Crippen LogP contribution >= 0.6 is 11.3 Å². The molecule has 1 unspecified atom stereocenters. The molecule has 2 amide bonds. The molecule has 0 saturated carbocycles. The molecular weight excluding hydrogens is 333 g/mol. The van der Waals surface area contributed by atoms with Crippen LogP contribution in [0.5, 0.6) is 0 Å². The molecule has 0 spiro atoms. The Bertz CT molecular complexity index is 672. The number of thiophene rings is 1. The van der Waals surface area contributed by atoms with Crippen LogP contribution in [0.1, 0.15) is 4.88 Å². The summed E-state index contributed by atoms with van der Waals surface area (Å²) in [6.45, 7) is -0.368. The zero-order chi connectivity index (χ0) is 14.9. The third kappa shape index (κ3) is 3.81. The molecule has 21 heavy (non-hydrogen) atoms. The Kier molecular flexibility index (Phi) is 5.90. The molecule has 1 aromatic rings. The molecule has 0 radical (unpaired) electrons. The van der Waals surface area contributed by atoms with Gasteiger partial charge < -0.3 is 10.5 Å². The maximum atomic E-state index is 11.8. The Balaban J connectivity index is 0.00000220. The van der Waals surface area contributed by atoms with Crippen LogP contribution in [0.2, 0.25) is 0 Å². The summed E-state index contributed by atoms with van der Waals surface area (Å²) in [7, 11) is -4.60. The van der Waals surface area contributed by atoms with Crippen LogP contribution in [0.25, 0.3) is 0 Å². The molecule has 0 aromatic carbocycles. The van der Waals surface area contributed by atoms with Gasteiger partial charge in [-0.05, 0) is 11.4 Å². The van der Waals surface area contributed by atoms with E-state index in [0.717, 1.165) is 11.3 Å². The van der Waals surface area contributed by atoms with Gasteiger partial charge in [-0.15, -0.1) is 11.3 Å². The molecule has 1 aromatic heterocycles. The number of oxime groups is 1. The summed E-state index contributed by atoms with van der Waals surface area (Å²) in [6.07, 6.45) is 0. The van der Waals surface area contributed by atoms with Gasteiger partial charge in [-0.25, -0.2) is 4.31 Å². The average molecular weight is 343 g/mol. The number of nitrogens with one attached hydrogen (secondary N) is 1. The third-order valence-electron chi connectivity index (χ3n) is 2.55. The number of hydrogen-bond acceptors (Lipinski definition) is 7. The zero-order valence-electron chi connectivity index (χ0n) is 9.75. The minimum atomic E-state index is -4.60. The molecule has 9 nitrogen and oxygen atoms in total. The van der Waals surface area contributed by atoms with E-state index in [1.807, 2.05) is 0 Å². The number of rotatable bonds is 4. The van der Waals surface area contributed by atoms with Crippen molar-refractivity contribution in [2.75, 3.05) is 6.54 Å². The van der Waals surface area contributed by atoms with Crippen molar-refractivity contribution in [3.8, 4) is 0 Å². The van der Waals surface area contributed by atoms with E-state index < -0.39 is 28.2 Å². The molecule has 2 heterocycles. The summed E-state index contributed by atoms with van der Waals surface area (Å²) in [5.74, 6) is -1.77. The molecule has 110 valence electrons. The Labute approximate surface area is 145 Å². The SMILES string of the molecule is O=C(NC1CN(S(=O)(=O)O)C1=O)C(=NO)c1cccs1.[NaH]. The molecule has 1 aliphatic rings. The molecule has 1 atom stereocenters. The number of nitrogens with zero attached hydrogens (tertiary/aromatic N) is 2. The fourth-order valence-corrected chi connectivity index (χ4v) is 2.96. The summed E-state index contributed by atoms with van der Waals surface area (Å²) in [4.78, 5) is 23.6. The second kappa shape index (κ2) is 6.85. The van der Waals surface area contributed by atoms with Crippen molar-refractivity contribution < 1.29 is 27.8 Å². The second-order valence-electron chi connectivity index (χ2n) is 3.80. The van der Waals surface area contributed by atoms with Crippen LogP contribution in [-0.2, 0) is 19.9 Å². The van der Waals surface area contributed by atoms with E-state index in [1.54, 1.807) is 17.5 Å². The van der Waals surface area contributed by atoms with Crippen LogP contribution in [0.3, 0.4) is 0 Å². The molecule has 1 fully saturated rings. The Morgan fingerprint density at radius 2 is 2.19 bits per heavy atom. The van der Waals surface area contributed by atoms with E-state index in [1.165, 1.54) is 0 Å². The fraction of sp³-hybridized carbons (Fsp3) is 0.222. The average Bonchev–Trinajstić information content (AvgIpc) is 2.86. The van der Waals surface area contributed by atoms with E-state index in [-0.39, 0.29) is 46.1 Å². The van der Waals surface area contributed by atoms with Crippen molar-refractivity contribution in [2.45, 2.75) is 6.04 Å². The van der Waals surface area contributed by atoms with Crippen LogP contribution in [0.15, 0.2) is 22.7 Å². The van der Waals surface area contributed by atoms with Gasteiger partial charge in [0.05, 0.1) is 11.4 Å². The second-order valence-corrected chi connectivity index (χ2v) is 6.08. The number of carbonyl (C=O) groups is 2. The van der Waals surface area contributed by atoms with Gasteiger partial charge in [0.2, 0.25) is 0 Å². The predicted molar refractivity (Wildman–Crippen MR) is 75.0 cm³/mol. The normalized spacial score (nSPS) is 18.7. The van der Waals surface area contributed by atoms with Crippen LogP contribution < -0.4 is 5.32 Å². The summed E-state index contributed by atoms with van der Waals surface area (Å²) in [5, 5.41) is 15.6. The minimum absolute atomic E-state index is 0. The van der Waals surface area contributed by atoms with E-state index in [2.05, 4.69) is 10.5 Å². The molecule has 1 aliphatic heterocycles. The molecule has 0 bridgehead atoms. The van der Waals surface area contributed by atoms with E-state index in [0.29, 0.717) is 4.88 Å². The molecular formula is C9H10N3NaO6S2. The van der Waals surface area contributed by atoms with Gasteiger partial charge in [0.15, 0.2) is 5.71 Å². The number of carbonyl (C=O) groups excluding carboxylic acids is 2. The van der Waals surface area contributed by atoms with Gasteiger partial charge in [-0.2, -0.15) is 8.42 Å². The van der Waals surface area contributed by atoms with Crippen molar-refractivity contribution in [3.63, 3.8) is 0 Å². The zero-order valence-corrected chi connectivity index (χ0v) is 11.4. The van der Waals surface area contributed by atoms with Gasteiger partial charge in [0, 0.05) is 0 Å². The monoisotopic (exact) mass is 343 g/mol. The van der Waals surface area contributed by atoms with Crippen LogP contribution in [0.4, 0.5) is 0 Å². The molecule has 12 heteroatoms. The first-order valence-corrected chi connectivity index (χ1v) is 7.48. The first kappa shape index (κ1) is 18.1. The van der Waals surface area contributed by atoms with Gasteiger partial charge in [0.1, 0.15) is 6.04 Å². The quantitative estimate of drug-likeness (QED) is 0.151. The molecule has 1 saturated heterocycles. The molecule has 2 rings (SSSR count). The predicted octanol–water partition coefficient (Wildman–Crippen LogP) is -1.59. The summed E-state index contributed by atoms with van der Waals surface area (Å²) in [5.41, 5.74) is -0.280. The van der Waals surface area contributed by atoms with Crippen molar-refractivity contribution in [1.82, 2.24) is 9.62 Å². The summed E-state index contributed by atoms with van der Waals surface area (Å²) < 4.78 is 30.3. The fourth-order valence-electron chi connectivity index (χ4n) is 1.56. The number of amides is 2. The molecule has 3 N–H and O–H groups in total. The van der Waals surface area contributed by atoms with Crippen molar-refractivity contribution >= 4 is 68.7 Å². The summed E-state index contributed by atoms with van der Waals surface area (Å²) >= 11 is 1.16. The van der Waals surface area contributed by atoms with E-state index >= 15 is 0 Å². The van der Waals surface area contributed by atoms with E-state index in [4.69, 9.17) is 9.76 Å². The summed E-state index contributed by atoms with van der Waals surface area (Å²) in [6, 6.07) is 2.11. The Morgan fingerprint density at radius 1 is 1.52 bits per heavy atom. The topological polar surface area (TPSA) is 136 Å². The third-order valence-corrected chi connectivity index (χ3v) is 4.31. The number of β-lactam (4-membered cyclic amide) rings is 1. The van der Waals surface area contributed by atoms with Crippen molar-refractivity contribution in [1.29, 1.82) is 0 Å². The van der Waals surface area contributed by atoms with Gasteiger partial charge >= 0.3 is 39.9 Å². The van der Waals surface area contributed by atoms with Crippen molar-refractivity contribution in [2.24, 2.45) is 5.16 Å². The van der Waals surface area contributed by atoms with Crippen LogP contribution in [0, 0.1) is 0 Å². The van der Waals surface area contributed by atoms with Crippen molar-refractivity contribution in [3.05, 3.63) is 22.4 Å². The molecule has 0 aliphatic carbocycles.